The van der Waals surface area contributed by atoms with E-state index in [1.165, 1.54) is 19.3 Å². The Kier molecular flexibility index (Phi) is 12.0. The Hall–Kier alpha value is -2.72. The fourth-order valence-electron chi connectivity index (χ4n) is 6.25. The molecule has 1 aliphatic heterocycles. The summed E-state index contributed by atoms with van der Waals surface area (Å²) in [5.41, 5.74) is 7.96. The molecule has 1 aliphatic carbocycles. The van der Waals surface area contributed by atoms with E-state index in [1.807, 2.05) is 24.3 Å². The van der Waals surface area contributed by atoms with Crippen molar-refractivity contribution in [3.05, 3.63) is 53.9 Å². The molecule has 3 unspecified atom stereocenters. The third kappa shape index (κ3) is 10.2. The van der Waals surface area contributed by atoms with E-state index in [9.17, 15) is 9.90 Å². The van der Waals surface area contributed by atoms with Crippen molar-refractivity contribution < 1.29 is 19.4 Å². The van der Waals surface area contributed by atoms with Crippen LogP contribution < -0.4 is 16.4 Å². The molecule has 2 aromatic rings. The van der Waals surface area contributed by atoms with Gasteiger partial charge < -0.3 is 30.9 Å². The lowest BCUT2D eigenvalue weighted by Gasteiger charge is -2.35. The van der Waals surface area contributed by atoms with E-state index in [1.54, 1.807) is 18.5 Å². The lowest BCUT2D eigenvalue weighted by molar-refractivity contribution is -0.124. The van der Waals surface area contributed by atoms with Crippen molar-refractivity contribution in [1.82, 2.24) is 20.5 Å². The number of ether oxygens (including phenoxy) is 2. The van der Waals surface area contributed by atoms with Gasteiger partial charge in [0.05, 0.1) is 31.0 Å². The molecule has 1 saturated heterocycles. The summed E-state index contributed by atoms with van der Waals surface area (Å²) < 4.78 is 11.8. The molecule has 3 atom stereocenters. The predicted octanol–water partition coefficient (Wildman–Crippen LogP) is 4.41. The van der Waals surface area contributed by atoms with E-state index >= 15 is 0 Å². The van der Waals surface area contributed by atoms with Gasteiger partial charge in [-0.25, -0.2) is 0 Å². The van der Waals surface area contributed by atoms with Crippen LogP contribution in [0.25, 0.3) is 0 Å². The van der Waals surface area contributed by atoms with Crippen molar-refractivity contribution in [3.63, 3.8) is 0 Å². The summed E-state index contributed by atoms with van der Waals surface area (Å²) in [6.45, 7) is 10.7. The van der Waals surface area contributed by atoms with Crippen molar-refractivity contribution in [3.8, 4) is 5.75 Å². The van der Waals surface area contributed by atoms with Crippen LogP contribution in [0.15, 0.2) is 42.7 Å². The summed E-state index contributed by atoms with van der Waals surface area (Å²) in [6, 6.07) is 9.12. The number of benzene rings is 1. The first-order valence-electron chi connectivity index (χ1n) is 15.7. The minimum atomic E-state index is -0.298. The first-order chi connectivity index (χ1) is 20.2. The molecule has 232 valence electrons. The Morgan fingerprint density at radius 3 is 2.52 bits per heavy atom. The molecule has 1 aromatic heterocycles. The van der Waals surface area contributed by atoms with E-state index in [2.05, 4.69) is 41.3 Å². The number of pyridine rings is 1. The highest BCUT2D eigenvalue weighted by Gasteiger charge is 2.29. The molecule has 2 heterocycles. The number of aromatic hydroxyl groups is 1. The summed E-state index contributed by atoms with van der Waals surface area (Å²) in [5, 5.41) is 17.9. The van der Waals surface area contributed by atoms with Gasteiger partial charge in [-0.15, -0.1) is 0 Å². The zero-order valence-electron chi connectivity index (χ0n) is 25.7. The van der Waals surface area contributed by atoms with Crippen molar-refractivity contribution in [2.75, 3.05) is 45.1 Å². The van der Waals surface area contributed by atoms with Gasteiger partial charge in [-0.2, -0.15) is 0 Å². The van der Waals surface area contributed by atoms with Gasteiger partial charge in [0.1, 0.15) is 5.75 Å². The molecule has 5 N–H and O–H groups in total. The van der Waals surface area contributed by atoms with Gasteiger partial charge in [0.25, 0.3) is 0 Å². The number of rotatable bonds is 13. The summed E-state index contributed by atoms with van der Waals surface area (Å²) >= 11 is 0. The third-order valence-electron chi connectivity index (χ3n) is 8.30. The number of nitrogen functional groups attached to an aromatic ring is 1. The maximum absolute atomic E-state index is 13.2. The number of carbonyl (C=O) groups excluding carboxylic acids is 1. The van der Waals surface area contributed by atoms with E-state index in [0.717, 1.165) is 56.8 Å². The van der Waals surface area contributed by atoms with Crippen LogP contribution in [-0.2, 0) is 14.3 Å². The van der Waals surface area contributed by atoms with Crippen LogP contribution in [0.5, 0.6) is 5.75 Å². The predicted molar refractivity (Wildman–Crippen MR) is 166 cm³/mol. The topological polar surface area (TPSA) is 122 Å². The number of nitrogens with zero attached hydrogens (tertiary/aromatic N) is 2. The second-order valence-corrected chi connectivity index (χ2v) is 12.8. The molecular weight excluding hydrogens is 530 g/mol. The number of carbonyl (C=O) groups is 1. The molecule has 1 amide bonds. The first-order valence-corrected chi connectivity index (χ1v) is 15.7. The van der Waals surface area contributed by atoms with E-state index < -0.39 is 0 Å². The number of phenolic OH excluding ortho intramolecular Hbond substituents is 1. The van der Waals surface area contributed by atoms with Gasteiger partial charge >= 0.3 is 0 Å². The van der Waals surface area contributed by atoms with Crippen LogP contribution in [0.1, 0.15) is 82.9 Å². The van der Waals surface area contributed by atoms with Gasteiger partial charge in [-0.05, 0) is 69.7 Å². The van der Waals surface area contributed by atoms with Gasteiger partial charge in [-0.1, -0.05) is 25.3 Å². The quantitative estimate of drug-likeness (QED) is 0.257. The molecular formula is C33H51N5O4. The molecule has 9 nitrogen and oxygen atoms in total. The van der Waals surface area contributed by atoms with Gasteiger partial charge in [0.2, 0.25) is 5.91 Å². The maximum atomic E-state index is 13.2. The molecule has 9 heteroatoms. The van der Waals surface area contributed by atoms with Crippen molar-refractivity contribution in [2.45, 2.75) is 89.5 Å². The van der Waals surface area contributed by atoms with Crippen LogP contribution in [0.4, 0.5) is 5.69 Å². The zero-order valence-corrected chi connectivity index (χ0v) is 25.7. The summed E-state index contributed by atoms with van der Waals surface area (Å²) in [6.07, 6.45) is 10.5. The molecule has 0 bridgehead atoms. The lowest BCUT2D eigenvalue weighted by Crippen LogP contribution is -2.48. The normalized spacial score (nSPS) is 19.2. The largest absolute Gasteiger partial charge is 0.508 e. The van der Waals surface area contributed by atoms with Crippen LogP contribution in [0, 0.1) is 5.92 Å². The molecule has 2 aliphatic rings. The van der Waals surface area contributed by atoms with Crippen LogP contribution in [0.2, 0.25) is 0 Å². The minimum absolute atomic E-state index is 0.0397. The average molecular weight is 582 g/mol. The Bertz CT molecular complexity index is 1100. The van der Waals surface area contributed by atoms with E-state index in [0.29, 0.717) is 31.0 Å². The maximum Gasteiger partial charge on any atom is 0.220 e. The minimum Gasteiger partial charge on any atom is -0.508 e. The lowest BCUT2D eigenvalue weighted by atomic mass is 9.81. The highest BCUT2D eigenvalue weighted by atomic mass is 16.5. The Balaban J connectivity index is 1.43. The number of nitrogens with two attached hydrogens (primary N) is 1. The van der Waals surface area contributed by atoms with Crippen molar-refractivity contribution in [1.29, 1.82) is 0 Å². The molecule has 4 rings (SSSR count). The molecule has 0 radical (unpaired) electrons. The van der Waals surface area contributed by atoms with Crippen LogP contribution >= 0.6 is 0 Å². The summed E-state index contributed by atoms with van der Waals surface area (Å²) in [7, 11) is 0. The molecule has 0 spiro atoms. The number of anilines is 1. The number of morpholine rings is 1. The number of hydrogen-bond acceptors (Lipinski definition) is 8. The number of hydrogen-bond donors (Lipinski definition) is 4. The monoisotopic (exact) mass is 581 g/mol. The Morgan fingerprint density at radius 1 is 1.14 bits per heavy atom. The number of nitrogens with one attached hydrogen (secondary N) is 2. The van der Waals surface area contributed by atoms with E-state index in [4.69, 9.17) is 15.2 Å². The number of aromatic nitrogens is 1. The third-order valence-corrected chi connectivity index (χ3v) is 8.30. The number of phenols is 1. The van der Waals surface area contributed by atoms with Crippen molar-refractivity contribution in [2.24, 2.45) is 5.92 Å². The second-order valence-electron chi connectivity index (χ2n) is 12.8. The fraction of sp³-hybridized carbons (Fsp3) is 0.636. The van der Waals surface area contributed by atoms with Crippen molar-refractivity contribution >= 4 is 11.6 Å². The highest BCUT2D eigenvalue weighted by molar-refractivity contribution is 5.75. The van der Waals surface area contributed by atoms with Gasteiger partial charge in [-0.3, -0.25) is 14.7 Å². The smallest absolute Gasteiger partial charge is 0.220 e. The van der Waals surface area contributed by atoms with Gasteiger partial charge in [0.15, 0.2) is 0 Å². The average Bonchev–Trinajstić information content (AvgIpc) is 2.97. The fourth-order valence-corrected chi connectivity index (χ4v) is 6.25. The van der Waals surface area contributed by atoms with Crippen LogP contribution in [0.3, 0.4) is 0 Å². The van der Waals surface area contributed by atoms with Crippen LogP contribution in [-0.4, -0.2) is 78.0 Å². The zero-order chi connectivity index (χ0) is 30.0. The first kappa shape index (κ1) is 32.2. The summed E-state index contributed by atoms with van der Waals surface area (Å²) in [4.78, 5) is 19.8. The second kappa shape index (κ2) is 15.7. The standard InChI is InChI=1S/C33H51N5O4/c1-33(2,3)42-27(23-38-17-19-41-20-18-38)22-36-31(40)12-11-29(24-7-5-4-6-8-24)37-32(25-13-15-35-16-14-25)28-10-9-26(34)21-30(28)39/h9-10,13-16,21,24,27,29,32,37,39H,4-8,11-12,17-20,22-23,34H2,1-3H3,(H,36,40). The Morgan fingerprint density at radius 2 is 1.86 bits per heavy atom. The highest BCUT2D eigenvalue weighted by Crippen LogP contribution is 2.35. The Labute approximate surface area is 251 Å². The number of amides is 1. The molecule has 42 heavy (non-hydrogen) atoms. The summed E-state index contributed by atoms with van der Waals surface area (Å²) in [5.74, 6) is 0.664. The van der Waals surface area contributed by atoms with E-state index in [-0.39, 0.29) is 35.4 Å². The SMILES string of the molecule is CC(C)(C)OC(CNC(=O)CCC(NC(c1ccncc1)c1ccc(N)cc1O)C1CCCCC1)CN1CCOCC1. The van der Waals surface area contributed by atoms with Gasteiger partial charge in [0, 0.05) is 68.4 Å². The molecule has 1 aromatic carbocycles. The molecule has 1 saturated carbocycles. The molecule has 2 fully saturated rings.